The Morgan fingerprint density at radius 3 is 2.85 bits per heavy atom. The third-order valence-corrected chi connectivity index (χ3v) is 1.67. The van der Waals surface area contributed by atoms with Crippen LogP contribution in [0.4, 0.5) is 10.5 Å². The highest BCUT2D eigenvalue weighted by Crippen LogP contribution is 2.22. The fraction of sp³-hybridized carbons (Fsp3) is 0. The van der Waals surface area contributed by atoms with Crippen molar-refractivity contribution in [3.63, 3.8) is 0 Å². The van der Waals surface area contributed by atoms with Crippen LogP contribution < -0.4 is 5.32 Å². The number of nitrogens with one attached hydrogen (secondary N) is 1. The molecule has 0 unspecified atom stereocenters. The largest absolute Gasteiger partial charge is 0.465 e. The topological polar surface area (TPSA) is 73.1 Å². The molecule has 0 saturated heterocycles. The van der Waals surface area contributed by atoms with Crippen molar-refractivity contribution in [3.05, 3.63) is 28.8 Å². The monoisotopic (exact) mass is 196 g/mol. The lowest BCUT2D eigenvalue weighted by molar-refractivity contribution is 0.210. The van der Waals surface area contributed by atoms with Crippen LogP contribution in [0.3, 0.4) is 0 Å². The molecule has 4 nitrogen and oxygen atoms in total. The summed E-state index contributed by atoms with van der Waals surface area (Å²) in [4.78, 5) is 10.3. The number of anilines is 1. The number of hydrogen-bond acceptors (Lipinski definition) is 2. The molecule has 0 radical (unpaired) electrons. The molecule has 0 bridgehead atoms. The number of carboxylic acid groups (broad SMARTS) is 1. The molecule has 1 aromatic rings. The number of nitriles is 1. The Hall–Kier alpha value is -1.73. The van der Waals surface area contributed by atoms with E-state index in [4.69, 9.17) is 22.0 Å². The van der Waals surface area contributed by atoms with Gasteiger partial charge in [0.25, 0.3) is 0 Å². The molecule has 13 heavy (non-hydrogen) atoms. The predicted molar refractivity (Wildman–Crippen MR) is 47.8 cm³/mol. The number of halogens is 1. The highest BCUT2D eigenvalue weighted by molar-refractivity contribution is 6.33. The lowest BCUT2D eigenvalue weighted by Gasteiger charge is -2.02. The first-order chi connectivity index (χ1) is 6.13. The fourth-order valence-electron chi connectivity index (χ4n) is 0.806. The van der Waals surface area contributed by atoms with Gasteiger partial charge in [0.15, 0.2) is 0 Å². The van der Waals surface area contributed by atoms with Crippen molar-refractivity contribution in [2.75, 3.05) is 5.32 Å². The Morgan fingerprint density at radius 2 is 2.31 bits per heavy atom. The summed E-state index contributed by atoms with van der Waals surface area (Å²) in [6.07, 6.45) is -1.21. The van der Waals surface area contributed by atoms with Gasteiger partial charge in [0.05, 0.1) is 22.3 Å². The van der Waals surface area contributed by atoms with E-state index >= 15 is 0 Å². The van der Waals surface area contributed by atoms with E-state index in [1.807, 2.05) is 6.07 Å². The number of hydrogen-bond donors (Lipinski definition) is 2. The molecule has 1 rings (SSSR count). The summed E-state index contributed by atoms with van der Waals surface area (Å²) in [5, 5.41) is 19.3. The Balaban J connectivity index is 3.05. The number of rotatable bonds is 1. The Kier molecular flexibility index (Phi) is 2.72. The predicted octanol–water partition coefficient (Wildman–Crippen LogP) is 2.30. The number of nitrogens with zero attached hydrogens (tertiary/aromatic N) is 1. The van der Waals surface area contributed by atoms with Gasteiger partial charge >= 0.3 is 6.09 Å². The maximum atomic E-state index is 10.3. The molecule has 0 aliphatic rings. The number of carbonyl (C=O) groups is 1. The molecule has 0 aromatic heterocycles. The summed E-state index contributed by atoms with van der Waals surface area (Å²) in [6.45, 7) is 0. The standard InChI is InChI=1S/C8H5ClN2O2/c9-6-2-1-5(4-10)3-7(6)11-8(12)13/h1-3,11H,(H,12,13). The van der Waals surface area contributed by atoms with Crippen molar-refractivity contribution >= 4 is 23.4 Å². The zero-order valence-electron chi connectivity index (χ0n) is 6.41. The third-order valence-electron chi connectivity index (χ3n) is 1.34. The van der Waals surface area contributed by atoms with E-state index in [0.29, 0.717) is 5.56 Å². The molecular weight excluding hydrogens is 192 g/mol. The molecule has 0 saturated carbocycles. The van der Waals surface area contributed by atoms with Gasteiger partial charge in [-0.2, -0.15) is 5.26 Å². The zero-order valence-corrected chi connectivity index (χ0v) is 7.17. The highest BCUT2D eigenvalue weighted by atomic mass is 35.5. The molecule has 66 valence electrons. The third kappa shape index (κ3) is 2.36. The molecule has 2 N–H and O–H groups in total. The van der Waals surface area contributed by atoms with E-state index < -0.39 is 6.09 Å². The Bertz CT molecular complexity index is 384. The average molecular weight is 197 g/mol. The second-order valence-electron chi connectivity index (χ2n) is 2.24. The Labute approximate surface area is 79.4 Å². The van der Waals surface area contributed by atoms with E-state index in [1.54, 1.807) is 0 Å². The normalized spacial score (nSPS) is 8.92. The van der Waals surface area contributed by atoms with Crippen LogP contribution in [0.2, 0.25) is 5.02 Å². The van der Waals surface area contributed by atoms with Crippen molar-refractivity contribution in [1.82, 2.24) is 0 Å². The van der Waals surface area contributed by atoms with E-state index in [2.05, 4.69) is 5.32 Å². The minimum atomic E-state index is -1.21. The Morgan fingerprint density at radius 1 is 1.62 bits per heavy atom. The summed E-state index contributed by atoms with van der Waals surface area (Å²) in [7, 11) is 0. The summed E-state index contributed by atoms with van der Waals surface area (Å²) < 4.78 is 0. The molecule has 0 spiro atoms. The maximum Gasteiger partial charge on any atom is 0.409 e. The first-order valence-corrected chi connectivity index (χ1v) is 3.71. The van der Waals surface area contributed by atoms with Crippen LogP contribution in [-0.2, 0) is 0 Å². The van der Waals surface area contributed by atoms with Gasteiger partial charge in [-0.15, -0.1) is 0 Å². The highest BCUT2D eigenvalue weighted by Gasteiger charge is 2.04. The van der Waals surface area contributed by atoms with Gasteiger partial charge in [-0.05, 0) is 18.2 Å². The molecule has 5 heteroatoms. The van der Waals surface area contributed by atoms with E-state index in [1.165, 1.54) is 18.2 Å². The van der Waals surface area contributed by atoms with Crippen LogP contribution in [0.1, 0.15) is 5.56 Å². The number of benzene rings is 1. The van der Waals surface area contributed by atoms with Crippen molar-refractivity contribution in [2.24, 2.45) is 0 Å². The van der Waals surface area contributed by atoms with Crippen LogP contribution in [-0.4, -0.2) is 11.2 Å². The summed E-state index contributed by atoms with van der Waals surface area (Å²) >= 11 is 5.66. The first kappa shape index (κ1) is 9.36. The van der Waals surface area contributed by atoms with Gasteiger partial charge in [0, 0.05) is 0 Å². The molecular formula is C8H5ClN2O2. The molecule has 0 aliphatic heterocycles. The molecule has 0 fully saturated rings. The van der Waals surface area contributed by atoms with Crippen LogP contribution in [0.15, 0.2) is 18.2 Å². The quantitative estimate of drug-likeness (QED) is 0.724. The fourth-order valence-corrected chi connectivity index (χ4v) is 0.971. The first-order valence-electron chi connectivity index (χ1n) is 3.33. The zero-order chi connectivity index (χ0) is 9.84. The lowest BCUT2D eigenvalue weighted by atomic mass is 10.2. The number of amides is 1. The summed E-state index contributed by atoms with van der Waals surface area (Å²) in [5.41, 5.74) is 0.571. The van der Waals surface area contributed by atoms with Crippen LogP contribution >= 0.6 is 11.6 Å². The maximum absolute atomic E-state index is 10.3. The van der Waals surface area contributed by atoms with Gasteiger partial charge in [0.2, 0.25) is 0 Å². The van der Waals surface area contributed by atoms with Gasteiger partial charge in [-0.3, -0.25) is 5.32 Å². The smallest absolute Gasteiger partial charge is 0.409 e. The minimum Gasteiger partial charge on any atom is -0.465 e. The van der Waals surface area contributed by atoms with Crippen molar-refractivity contribution in [3.8, 4) is 6.07 Å². The summed E-state index contributed by atoms with van der Waals surface area (Å²) in [6, 6.07) is 6.22. The van der Waals surface area contributed by atoms with Crippen LogP contribution in [0.5, 0.6) is 0 Å². The molecule has 0 heterocycles. The summed E-state index contributed by atoms with van der Waals surface area (Å²) in [5.74, 6) is 0. The van der Waals surface area contributed by atoms with E-state index in [-0.39, 0.29) is 10.7 Å². The average Bonchev–Trinajstić information content (AvgIpc) is 2.08. The van der Waals surface area contributed by atoms with Crippen molar-refractivity contribution in [1.29, 1.82) is 5.26 Å². The van der Waals surface area contributed by atoms with Gasteiger partial charge in [-0.1, -0.05) is 11.6 Å². The molecule has 0 atom stereocenters. The van der Waals surface area contributed by atoms with Gasteiger partial charge < -0.3 is 5.11 Å². The molecule has 1 amide bonds. The van der Waals surface area contributed by atoms with Crippen LogP contribution in [0, 0.1) is 11.3 Å². The molecule has 1 aromatic carbocycles. The van der Waals surface area contributed by atoms with Crippen molar-refractivity contribution in [2.45, 2.75) is 0 Å². The van der Waals surface area contributed by atoms with Crippen molar-refractivity contribution < 1.29 is 9.90 Å². The van der Waals surface area contributed by atoms with E-state index in [0.717, 1.165) is 0 Å². The van der Waals surface area contributed by atoms with E-state index in [9.17, 15) is 4.79 Å². The second kappa shape index (κ2) is 3.78. The van der Waals surface area contributed by atoms with Crippen LogP contribution in [0.25, 0.3) is 0 Å². The minimum absolute atomic E-state index is 0.216. The lowest BCUT2D eigenvalue weighted by Crippen LogP contribution is -2.07. The SMILES string of the molecule is N#Cc1ccc(Cl)c(NC(=O)O)c1. The van der Waals surface area contributed by atoms with Gasteiger partial charge in [0.1, 0.15) is 0 Å². The molecule has 0 aliphatic carbocycles. The second-order valence-corrected chi connectivity index (χ2v) is 2.64. The van der Waals surface area contributed by atoms with Gasteiger partial charge in [-0.25, -0.2) is 4.79 Å².